The summed E-state index contributed by atoms with van der Waals surface area (Å²) in [6.45, 7) is 0. The fourth-order valence-electron chi connectivity index (χ4n) is 2.30. The van der Waals surface area contributed by atoms with E-state index in [9.17, 15) is 23.1 Å². The number of benzene rings is 1. The average molecular weight is 279 g/mol. The van der Waals surface area contributed by atoms with Crippen LogP contribution in [-0.4, -0.2) is 11.1 Å². The van der Waals surface area contributed by atoms with E-state index in [2.05, 4.69) is 0 Å². The van der Waals surface area contributed by atoms with Crippen LogP contribution in [0.15, 0.2) is 18.2 Å². The minimum Gasteiger partial charge on any atom is -0.481 e. The predicted octanol–water partition coefficient (Wildman–Crippen LogP) is 3.87. The Labute approximate surface area is 106 Å². The molecule has 0 bridgehead atoms. The van der Waals surface area contributed by atoms with Gasteiger partial charge in [-0.1, -0.05) is 24.1 Å². The van der Waals surface area contributed by atoms with Crippen LogP contribution < -0.4 is 0 Å². The van der Waals surface area contributed by atoms with Crippen LogP contribution in [0.4, 0.5) is 13.2 Å². The van der Waals surface area contributed by atoms with Gasteiger partial charge in [-0.2, -0.15) is 13.2 Å². The fourth-order valence-corrected chi connectivity index (χ4v) is 2.47. The smallest absolute Gasteiger partial charge is 0.416 e. The van der Waals surface area contributed by atoms with Crippen molar-refractivity contribution >= 4 is 17.6 Å². The zero-order valence-corrected chi connectivity index (χ0v) is 9.98. The molecule has 1 aromatic rings. The molecule has 18 heavy (non-hydrogen) atoms. The van der Waals surface area contributed by atoms with Crippen molar-refractivity contribution in [1.82, 2.24) is 0 Å². The molecule has 0 aromatic heterocycles. The van der Waals surface area contributed by atoms with Crippen LogP contribution in [0.2, 0.25) is 5.02 Å². The van der Waals surface area contributed by atoms with Crippen molar-refractivity contribution in [2.24, 2.45) is 0 Å². The molecule has 0 spiro atoms. The number of halogens is 4. The molecule has 1 saturated carbocycles. The van der Waals surface area contributed by atoms with E-state index >= 15 is 0 Å². The molecule has 6 heteroatoms. The van der Waals surface area contributed by atoms with Crippen LogP contribution in [0.1, 0.15) is 30.4 Å². The first-order chi connectivity index (χ1) is 8.27. The lowest BCUT2D eigenvalue weighted by Gasteiger charge is -2.39. The first-order valence-corrected chi connectivity index (χ1v) is 5.76. The Hall–Kier alpha value is -1.23. The summed E-state index contributed by atoms with van der Waals surface area (Å²) in [6, 6.07) is 3.27. The zero-order valence-electron chi connectivity index (χ0n) is 9.22. The number of aliphatic carboxylic acids is 1. The van der Waals surface area contributed by atoms with E-state index < -0.39 is 23.1 Å². The molecule has 98 valence electrons. The molecule has 2 nitrogen and oxygen atoms in total. The Morgan fingerprint density at radius 3 is 2.33 bits per heavy atom. The van der Waals surface area contributed by atoms with Crippen LogP contribution in [0, 0.1) is 0 Å². The second kappa shape index (κ2) is 4.16. The molecule has 1 N–H and O–H groups in total. The summed E-state index contributed by atoms with van der Waals surface area (Å²) in [4.78, 5) is 11.3. The van der Waals surface area contributed by atoms with Crippen molar-refractivity contribution in [3.8, 4) is 0 Å². The van der Waals surface area contributed by atoms with E-state index in [0.717, 1.165) is 6.07 Å². The first-order valence-electron chi connectivity index (χ1n) is 5.38. The highest BCUT2D eigenvalue weighted by atomic mass is 35.5. The monoisotopic (exact) mass is 278 g/mol. The molecular formula is C12H10ClF3O2. The van der Waals surface area contributed by atoms with Gasteiger partial charge in [-0.05, 0) is 30.5 Å². The molecule has 0 atom stereocenters. The van der Waals surface area contributed by atoms with Gasteiger partial charge in [0.15, 0.2) is 0 Å². The zero-order chi connectivity index (χ0) is 13.6. The fraction of sp³-hybridized carbons (Fsp3) is 0.417. The summed E-state index contributed by atoms with van der Waals surface area (Å²) in [5, 5.41) is 9.15. The number of carboxylic acid groups (broad SMARTS) is 1. The number of carboxylic acids is 1. The molecule has 1 aromatic carbocycles. The van der Waals surface area contributed by atoms with Gasteiger partial charge in [0.2, 0.25) is 0 Å². The Kier molecular flexibility index (Phi) is 3.05. The molecule has 1 aliphatic carbocycles. The predicted molar refractivity (Wildman–Crippen MR) is 59.6 cm³/mol. The third-order valence-corrected chi connectivity index (χ3v) is 3.65. The number of rotatable bonds is 2. The molecule has 0 heterocycles. The van der Waals surface area contributed by atoms with Crippen LogP contribution in [-0.2, 0) is 16.4 Å². The molecule has 0 radical (unpaired) electrons. The van der Waals surface area contributed by atoms with E-state index in [1.54, 1.807) is 0 Å². The second-order valence-corrected chi connectivity index (χ2v) is 4.86. The highest BCUT2D eigenvalue weighted by molar-refractivity contribution is 6.30. The van der Waals surface area contributed by atoms with Crippen LogP contribution in [0.3, 0.4) is 0 Å². The first kappa shape index (κ1) is 13.2. The van der Waals surface area contributed by atoms with Gasteiger partial charge in [-0.25, -0.2) is 0 Å². The quantitative estimate of drug-likeness (QED) is 0.892. The van der Waals surface area contributed by atoms with Crippen molar-refractivity contribution in [3.05, 3.63) is 34.3 Å². The number of hydrogen-bond acceptors (Lipinski definition) is 1. The van der Waals surface area contributed by atoms with Crippen molar-refractivity contribution in [2.75, 3.05) is 0 Å². The highest BCUT2D eigenvalue weighted by Crippen LogP contribution is 2.48. The van der Waals surface area contributed by atoms with Gasteiger partial charge in [0.25, 0.3) is 0 Å². The lowest BCUT2D eigenvalue weighted by molar-refractivity contribution is -0.149. The summed E-state index contributed by atoms with van der Waals surface area (Å²) >= 11 is 5.57. The Balaban J connectivity index is 2.61. The van der Waals surface area contributed by atoms with E-state index in [4.69, 9.17) is 11.6 Å². The number of carbonyl (C=O) groups is 1. The van der Waals surface area contributed by atoms with Gasteiger partial charge in [0, 0.05) is 5.02 Å². The minimum atomic E-state index is -4.60. The van der Waals surface area contributed by atoms with Gasteiger partial charge in [0.05, 0.1) is 11.0 Å². The summed E-state index contributed by atoms with van der Waals surface area (Å²) in [7, 11) is 0. The van der Waals surface area contributed by atoms with Crippen molar-refractivity contribution in [1.29, 1.82) is 0 Å². The number of hydrogen-bond donors (Lipinski definition) is 1. The van der Waals surface area contributed by atoms with E-state index in [0.29, 0.717) is 6.42 Å². The molecule has 1 fully saturated rings. The summed E-state index contributed by atoms with van der Waals surface area (Å²) in [5.74, 6) is -1.21. The maximum absolute atomic E-state index is 12.9. The molecule has 0 saturated heterocycles. The Bertz CT molecular complexity index is 493. The summed E-state index contributed by atoms with van der Waals surface area (Å²) in [5.41, 5.74) is -2.54. The molecule has 2 rings (SSSR count). The summed E-state index contributed by atoms with van der Waals surface area (Å²) < 4.78 is 38.8. The van der Waals surface area contributed by atoms with Crippen LogP contribution in [0.25, 0.3) is 0 Å². The lowest BCUT2D eigenvalue weighted by atomic mass is 9.63. The third-order valence-electron chi connectivity index (χ3n) is 3.42. The van der Waals surface area contributed by atoms with Crippen LogP contribution >= 0.6 is 11.6 Å². The Morgan fingerprint density at radius 1 is 1.33 bits per heavy atom. The minimum absolute atomic E-state index is 0.0501. The molecule has 0 amide bonds. The van der Waals surface area contributed by atoms with Crippen molar-refractivity contribution in [2.45, 2.75) is 30.9 Å². The topological polar surface area (TPSA) is 37.3 Å². The van der Waals surface area contributed by atoms with Gasteiger partial charge >= 0.3 is 12.1 Å². The summed E-state index contributed by atoms with van der Waals surface area (Å²) in [6.07, 6.45) is -3.52. The van der Waals surface area contributed by atoms with E-state index in [-0.39, 0.29) is 23.4 Å². The largest absolute Gasteiger partial charge is 0.481 e. The molecule has 0 unspecified atom stereocenters. The number of alkyl halides is 3. The van der Waals surface area contributed by atoms with Gasteiger partial charge in [-0.3, -0.25) is 4.79 Å². The van der Waals surface area contributed by atoms with Gasteiger partial charge in [0.1, 0.15) is 0 Å². The maximum atomic E-state index is 12.9. The van der Waals surface area contributed by atoms with Crippen LogP contribution in [0.5, 0.6) is 0 Å². The standard InChI is InChI=1S/C12H10ClF3O2/c13-7-2-3-8(9(6-7)12(14,15)16)11(10(17)18)4-1-5-11/h2-3,6H,1,4-5H2,(H,17,18). The van der Waals surface area contributed by atoms with Crippen molar-refractivity contribution < 1.29 is 23.1 Å². The van der Waals surface area contributed by atoms with Crippen molar-refractivity contribution in [3.63, 3.8) is 0 Å². The molecule has 1 aliphatic rings. The van der Waals surface area contributed by atoms with E-state index in [1.165, 1.54) is 12.1 Å². The highest BCUT2D eigenvalue weighted by Gasteiger charge is 2.50. The molecular weight excluding hydrogens is 269 g/mol. The lowest BCUT2D eigenvalue weighted by Crippen LogP contribution is -2.43. The van der Waals surface area contributed by atoms with E-state index in [1.807, 2.05) is 0 Å². The van der Waals surface area contributed by atoms with Gasteiger partial charge < -0.3 is 5.11 Å². The SMILES string of the molecule is O=C(O)C1(c2ccc(Cl)cc2C(F)(F)F)CCC1. The average Bonchev–Trinajstić information content (AvgIpc) is 2.16. The van der Waals surface area contributed by atoms with Gasteiger partial charge in [-0.15, -0.1) is 0 Å². The maximum Gasteiger partial charge on any atom is 0.416 e. The molecule has 0 aliphatic heterocycles. The Morgan fingerprint density at radius 2 is 1.94 bits per heavy atom. The third kappa shape index (κ3) is 1.96. The normalized spacial score (nSPS) is 18.2. The second-order valence-electron chi connectivity index (χ2n) is 4.43.